The fraction of sp³-hybridized carbons (Fsp3) is 0.400. The standard InChI is InChI=1S/C15H19NO2/c1-11(8-10-18-2)15(17)13-7-9-16-14-6-4-3-5-12(13)14/h3-7,9,11,15,17H,8,10H2,1-2H3. The van der Waals surface area contributed by atoms with E-state index in [9.17, 15) is 5.11 Å². The zero-order chi connectivity index (χ0) is 13.0. The van der Waals surface area contributed by atoms with Crippen molar-refractivity contribution in [3.05, 3.63) is 42.1 Å². The molecule has 0 saturated heterocycles. The van der Waals surface area contributed by atoms with Gasteiger partial charge in [0.2, 0.25) is 0 Å². The Bertz CT molecular complexity index is 507. The molecule has 0 fully saturated rings. The number of aliphatic hydroxyl groups excluding tert-OH is 1. The van der Waals surface area contributed by atoms with Crippen molar-refractivity contribution in [3.63, 3.8) is 0 Å². The molecule has 1 heterocycles. The third kappa shape index (κ3) is 2.68. The van der Waals surface area contributed by atoms with Crippen LogP contribution in [0.3, 0.4) is 0 Å². The SMILES string of the molecule is COCCC(C)C(O)c1ccnc2ccccc12. The first-order valence-electron chi connectivity index (χ1n) is 6.24. The number of fused-ring (bicyclic) bond motifs is 1. The van der Waals surface area contributed by atoms with Crippen LogP contribution in [0.5, 0.6) is 0 Å². The van der Waals surface area contributed by atoms with Crippen LogP contribution in [-0.2, 0) is 4.74 Å². The lowest BCUT2D eigenvalue weighted by Crippen LogP contribution is -2.12. The minimum atomic E-state index is -0.479. The maximum absolute atomic E-state index is 10.4. The predicted molar refractivity (Wildman–Crippen MR) is 72.4 cm³/mol. The maximum Gasteiger partial charge on any atom is 0.0823 e. The summed E-state index contributed by atoms with van der Waals surface area (Å²) in [6.45, 7) is 2.71. The molecule has 0 radical (unpaired) electrons. The van der Waals surface area contributed by atoms with E-state index in [1.807, 2.05) is 37.3 Å². The number of hydrogen-bond acceptors (Lipinski definition) is 3. The molecule has 96 valence electrons. The molecule has 2 rings (SSSR count). The molecule has 0 aliphatic heterocycles. The monoisotopic (exact) mass is 245 g/mol. The van der Waals surface area contributed by atoms with Crippen molar-refractivity contribution >= 4 is 10.9 Å². The van der Waals surface area contributed by atoms with Crippen molar-refractivity contribution in [2.75, 3.05) is 13.7 Å². The molecule has 1 N–H and O–H groups in total. The third-order valence-electron chi connectivity index (χ3n) is 3.32. The average molecular weight is 245 g/mol. The summed E-state index contributed by atoms with van der Waals surface area (Å²) < 4.78 is 5.06. The van der Waals surface area contributed by atoms with E-state index < -0.39 is 6.10 Å². The van der Waals surface area contributed by atoms with Crippen molar-refractivity contribution in [1.82, 2.24) is 4.98 Å². The van der Waals surface area contributed by atoms with Crippen LogP contribution in [0.25, 0.3) is 10.9 Å². The molecule has 18 heavy (non-hydrogen) atoms. The zero-order valence-electron chi connectivity index (χ0n) is 10.8. The van der Waals surface area contributed by atoms with Gasteiger partial charge in [-0.2, -0.15) is 0 Å². The van der Waals surface area contributed by atoms with Gasteiger partial charge >= 0.3 is 0 Å². The van der Waals surface area contributed by atoms with E-state index in [0.717, 1.165) is 22.9 Å². The summed E-state index contributed by atoms with van der Waals surface area (Å²) in [6, 6.07) is 9.80. The highest BCUT2D eigenvalue weighted by atomic mass is 16.5. The summed E-state index contributed by atoms with van der Waals surface area (Å²) in [4.78, 5) is 4.31. The van der Waals surface area contributed by atoms with Crippen molar-refractivity contribution in [2.45, 2.75) is 19.4 Å². The molecule has 0 amide bonds. The van der Waals surface area contributed by atoms with Crippen LogP contribution in [-0.4, -0.2) is 23.8 Å². The minimum absolute atomic E-state index is 0.163. The van der Waals surface area contributed by atoms with E-state index in [1.165, 1.54) is 0 Å². The Balaban J connectivity index is 2.29. The van der Waals surface area contributed by atoms with Crippen molar-refractivity contribution in [2.24, 2.45) is 5.92 Å². The first-order chi connectivity index (χ1) is 8.74. The predicted octanol–water partition coefficient (Wildman–Crippen LogP) is 2.94. The van der Waals surface area contributed by atoms with Gasteiger partial charge in [-0.15, -0.1) is 0 Å². The highest BCUT2D eigenvalue weighted by Gasteiger charge is 2.18. The molecular formula is C15H19NO2. The summed E-state index contributed by atoms with van der Waals surface area (Å²) in [7, 11) is 1.68. The Labute approximate surface area is 107 Å². The second kappa shape index (κ2) is 5.94. The van der Waals surface area contributed by atoms with Gasteiger partial charge in [-0.05, 0) is 30.0 Å². The Kier molecular flexibility index (Phi) is 4.28. The minimum Gasteiger partial charge on any atom is -0.388 e. The molecule has 0 bridgehead atoms. The number of aliphatic hydroxyl groups is 1. The van der Waals surface area contributed by atoms with E-state index in [1.54, 1.807) is 13.3 Å². The number of nitrogens with zero attached hydrogens (tertiary/aromatic N) is 1. The van der Waals surface area contributed by atoms with Crippen LogP contribution in [0.15, 0.2) is 36.5 Å². The summed E-state index contributed by atoms with van der Waals surface area (Å²) >= 11 is 0. The number of hydrogen-bond donors (Lipinski definition) is 1. The van der Waals surface area contributed by atoms with E-state index in [0.29, 0.717) is 6.61 Å². The second-order valence-corrected chi connectivity index (χ2v) is 4.62. The molecule has 3 heteroatoms. The van der Waals surface area contributed by atoms with Crippen molar-refractivity contribution in [3.8, 4) is 0 Å². The fourth-order valence-corrected chi connectivity index (χ4v) is 2.14. The molecule has 3 nitrogen and oxygen atoms in total. The number of methoxy groups -OCH3 is 1. The van der Waals surface area contributed by atoms with Crippen LogP contribution in [0.4, 0.5) is 0 Å². The number of ether oxygens (including phenoxy) is 1. The zero-order valence-corrected chi connectivity index (χ0v) is 10.8. The Morgan fingerprint density at radius 2 is 2.06 bits per heavy atom. The van der Waals surface area contributed by atoms with E-state index >= 15 is 0 Å². The van der Waals surface area contributed by atoms with Crippen LogP contribution >= 0.6 is 0 Å². The van der Waals surface area contributed by atoms with Gasteiger partial charge in [0.1, 0.15) is 0 Å². The maximum atomic E-state index is 10.4. The molecule has 1 aromatic carbocycles. The molecule has 2 atom stereocenters. The van der Waals surface area contributed by atoms with Gasteiger partial charge in [-0.1, -0.05) is 25.1 Å². The Hall–Kier alpha value is -1.45. The third-order valence-corrected chi connectivity index (χ3v) is 3.32. The number of rotatable bonds is 5. The summed E-state index contributed by atoms with van der Waals surface area (Å²) in [5.41, 5.74) is 1.87. The lowest BCUT2D eigenvalue weighted by molar-refractivity contribution is 0.0896. The lowest BCUT2D eigenvalue weighted by atomic mass is 9.93. The molecule has 0 aliphatic carbocycles. The highest BCUT2D eigenvalue weighted by molar-refractivity contribution is 5.82. The van der Waals surface area contributed by atoms with Gasteiger partial charge in [0.15, 0.2) is 0 Å². The van der Waals surface area contributed by atoms with Gasteiger partial charge in [-0.3, -0.25) is 4.98 Å². The Morgan fingerprint density at radius 1 is 1.28 bits per heavy atom. The molecule has 0 spiro atoms. The first-order valence-corrected chi connectivity index (χ1v) is 6.24. The fourth-order valence-electron chi connectivity index (χ4n) is 2.14. The molecule has 1 aromatic heterocycles. The van der Waals surface area contributed by atoms with E-state index in [-0.39, 0.29) is 5.92 Å². The lowest BCUT2D eigenvalue weighted by Gasteiger charge is -2.20. The van der Waals surface area contributed by atoms with Gasteiger partial charge in [0, 0.05) is 25.3 Å². The summed E-state index contributed by atoms with van der Waals surface area (Å²) in [5.74, 6) is 0.163. The molecule has 0 saturated carbocycles. The smallest absolute Gasteiger partial charge is 0.0823 e. The topological polar surface area (TPSA) is 42.4 Å². The van der Waals surface area contributed by atoms with Crippen LogP contribution < -0.4 is 0 Å². The quantitative estimate of drug-likeness (QED) is 0.880. The Morgan fingerprint density at radius 3 is 2.83 bits per heavy atom. The van der Waals surface area contributed by atoms with E-state index in [4.69, 9.17) is 4.74 Å². The first kappa shape index (κ1) is 13.0. The number of para-hydroxylation sites is 1. The number of benzene rings is 1. The van der Waals surface area contributed by atoms with Gasteiger partial charge in [0.05, 0.1) is 11.6 Å². The molecule has 0 aliphatic rings. The molecular weight excluding hydrogens is 226 g/mol. The van der Waals surface area contributed by atoms with Gasteiger partial charge < -0.3 is 9.84 Å². The van der Waals surface area contributed by atoms with Crippen LogP contribution in [0.1, 0.15) is 25.0 Å². The average Bonchev–Trinajstić information content (AvgIpc) is 2.43. The van der Waals surface area contributed by atoms with Gasteiger partial charge in [0.25, 0.3) is 0 Å². The van der Waals surface area contributed by atoms with Crippen molar-refractivity contribution in [1.29, 1.82) is 0 Å². The molecule has 2 aromatic rings. The van der Waals surface area contributed by atoms with Gasteiger partial charge in [-0.25, -0.2) is 0 Å². The molecule has 2 unspecified atom stereocenters. The van der Waals surface area contributed by atoms with E-state index in [2.05, 4.69) is 4.98 Å². The largest absolute Gasteiger partial charge is 0.388 e. The second-order valence-electron chi connectivity index (χ2n) is 4.62. The summed E-state index contributed by atoms with van der Waals surface area (Å²) in [6.07, 6.45) is 2.12. The normalized spacial score (nSPS) is 14.6. The van der Waals surface area contributed by atoms with Crippen molar-refractivity contribution < 1.29 is 9.84 Å². The summed E-state index contributed by atoms with van der Waals surface area (Å²) in [5, 5.41) is 11.5. The number of aromatic nitrogens is 1. The van der Waals surface area contributed by atoms with Crippen LogP contribution in [0.2, 0.25) is 0 Å². The number of pyridine rings is 1. The van der Waals surface area contributed by atoms with Crippen LogP contribution in [0, 0.1) is 5.92 Å². The highest BCUT2D eigenvalue weighted by Crippen LogP contribution is 2.29.